The van der Waals surface area contributed by atoms with Gasteiger partial charge in [0.2, 0.25) is 11.8 Å². The van der Waals surface area contributed by atoms with Crippen LogP contribution in [0, 0.1) is 0 Å². The van der Waals surface area contributed by atoms with Crippen molar-refractivity contribution in [3.8, 4) is 0 Å². The monoisotopic (exact) mass is 671 g/mol. The van der Waals surface area contributed by atoms with E-state index in [0.29, 0.717) is 37.8 Å². The number of hydrogen-bond acceptors (Lipinski definition) is 5. The van der Waals surface area contributed by atoms with E-state index in [0.717, 1.165) is 5.56 Å². The molecule has 2 amide bonds. The fraction of sp³-hybridized carbons (Fsp3) is 0.559. The van der Waals surface area contributed by atoms with Gasteiger partial charge in [-0.25, -0.2) is 0 Å². The lowest BCUT2D eigenvalue weighted by Crippen LogP contribution is -2.53. The molecule has 0 radical (unpaired) electrons. The molecule has 260 valence electrons. The number of hydrogen-bond donors (Lipinski definition) is 3. The molecule has 47 heavy (non-hydrogen) atoms. The quantitative estimate of drug-likeness (QED) is 0.187. The van der Waals surface area contributed by atoms with Crippen LogP contribution in [0.2, 0.25) is 0 Å². The second-order valence-corrected chi connectivity index (χ2v) is 13.8. The maximum Gasteiger partial charge on any atom is 0.416 e. The van der Waals surface area contributed by atoms with Crippen molar-refractivity contribution in [2.75, 3.05) is 6.54 Å². The number of nitrogens with one attached hydrogen (secondary N) is 3. The maximum absolute atomic E-state index is 13.5. The van der Waals surface area contributed by atoms with Crippen molar-refractivity contribution in [1.82, 2.24) is 16.0 Å². The Balaban J connectivity index is 1.70. The van der Waals surface area contributed by atoms with Gasteiger partial charge in [0, 0.05) is 11.6 Å². The van der Waals surface area contributed by atoms with E-state index in [-0.39, 0.29) is 31.0 Å². The number of alkyl halides is 6. The summed E-state index contributed by atoms with van der Waals surface area (Å²) < 4.78 is 86.2. The lowest BCUT2D eigenvalue weighted by molar-refractivity contribution is -0.156. The first-order valence-corrected chi connectivity index (χ1v) is 15.4. The minimum Gasteiger partial charge on any atom is -0.460 e. The number of rotatable bonds is 10. The molecule has 0 bridgehead atoms. The van der Waals surface area contributed by atoms with E-state index in [1.807, 2.05) is 0 Å². The van der Waals surface area contributed by atoms with E-state index in [1.54, 1.807) is 65.0 Å². The second-order valence-electron chi connectivity index (χ2n) is 13.8. The predicted molar refractivity (Wildman–Crippen MR) is 164 cm³/mol. The first kappa shape index (κ1) is 37.8. The zero-order valence-electron chi connectivity index (χ0n) is 27.4. The Labute approximate surface area is 271 Å². The number of benzene rings is 2. The average Bonchev–Trinajstić information content (AvgIpc) is 2.95. The number of amides is 2. The topological polar surface area (TPSA) is 96.5 Å². The van der Waals surface area contributed by atoms with Gasteiger partial charge in [-0.05, 0) is 96.6 Å². The van der Waals surface area contributed by atoms with Gasteiger partial charge in [-0.1, -0.05) is 30.3 Å². The zero-order chi connectivity index (χ0) is 35.4. The minimum absolute atomic E-state index is 0.0344. The first-order chi connectivity index (χ1) is 21.5. The van der Waals surface area contributed by atoms with Crippen molar-refractivity contribution in [3.63, 3.8) is 0 Å². The molecule has 3 rings (SSSR count). The molecule has 2 aromatic carbocycles. The van der Waals surface area contributed by atoms with Gasteiger partial charge in [-0.15, -0.1) is 0 Å². The minimum atomic E-state index is -5.04. The van der Waals surface area contributed by atoms with Crippen LogP contribution in [0.25, 0.3) is 0 Å². The number of halogens is 6. The van der Waals surface area contributed by atoms with Gasteiger partial charge < -0.3 is 20.7 Å². The molecule has 2 aromatic rings. The Morgan fingerprint density at radius 1 is 0.872 bits per heavy atom. The second kappa shape index (κ2) is 14.2. The van der Waals surface area contributed by atoms with Gasteiger partial charge in [-0.3, -0.25) is 14.4 Å². The molecule has 0 heterocycles. The summed E-state index contributed by atoms with van der Waals surface area (Å²) in [6.45, 7) is 10.1. The van der Waals surface area contributed by atoms with E-state index in [2.05, 4.69) is 16.0 Å². The summed E-state index contributed by atoms with van der Waals surface area (Å²) in [5.74, 6) is -2.74. The number of esters is 1. The highest BCUT2D eigenvalue weighted by Gasteiger charge is 2.41. The van der Waals surface area contributed by atoms with Gasteiger partial charge >= 0.3 is 18.3 Å². The smallest absolute Gasteiger partial charge is 0.416 e. The van der Waals surface area contributed by atoms with Crippen LogP contribution in [0.4, 0.5) is 26.3 Å². The van der Waals surface area contributed by atoms with Crippen molar-refractivity contribution in [3.05, 3.63) is 70.8 Å². The molecular formula is C34H43F6N3O4. The predicted octanol–water partition coefficient (Wildman–Crippen LogP) is 7.00. The third-order valence-electron chi connectivity index (χ3n) is 8.13. The van der Waals surface area contributed by atoms with Gasteiger partial charge in [0.05, 0.1) is 35.5 Å². The van der Waals surface area contributed by atoms with Crippen LogP contribution < -0.4 is 16.0 Å². The van der Waals surface area contributed by atoms with Gasteiger partial charge in [-0.2, -0.15) is 26.3 Å². The third kappa shape index (κ3) is 11.0. The van der Waals surface area contributed by atoms with Gasteiger partial charge in [0.15, 0.2) is 0 Å². The standard InChI is InChI=1S/C34H43F6N3O4/c1-21(22-16-24(33(35,36)37)18-25(17-22)34(38,39)40)29(46)43-32(23-10-8-7-9-11-23)14-12-26(13-15-32)42-27(44)20-41-31(5,6)19-28(45)47-30(2,3)4/h7-11,16-18,21,26,41H,12-15,19-20H2,1-6H3,(H,42,44)(H,43,46). The molecule has 0 aliphatic heterocycles. The summed E-state index contributed by atoms with van der Waals surface area (Å²) in [5, 5.41) is 8.99. The molecule has 1 unspecified atom stereocenters. The fourth-order valence-electron chi connectivity index (χ4n) is 5.62. The summed E-state index contributed by atoms with van der Waals surface area (Å²) in [7, 11) is 0. The molecule has 3 N–H and O–H groups in total. The molecule has 0 saturated heterocycles. The SMILES string of the molecule is CC(C(=O)NC1(c2ccccc2)CCC(NC(=O)CNC(C)(C)CC(=O)OC(C)(C)C)CC1)c1cc(C(F)(F)F)cc(C(F)(F)F)c1. The van der Waals surface area contributed by atoms with E-state index in [9.17, 15) is 40.7 Å². The van der Waals surface area contributed by atoms with Crippen molar-refractivity contribution in [2.45, 2.75) is 115 Å². The highest BCUT2D eigenvalue weighted by Crippen LogP contribution is 2.40. The molecule has 7 nitrogen and oxygen atoms in total. The molecule has 13 heteroatoms. The van der Waals surface area contributed by atoms with Crippen molar-refractivity contribution in [1.29, 1.82) is 0 Å². The van der Waals surface area contributed by atoms with Crippen LogP contribution in [0.15, 0.2) is 48.5 Å². The summed E-state index contributed by atoms with van der Waals surface area (Å²) in [5.41, 5.74) is -4.96. The zero-order valence-corrected chi connectivity index (χ0v) is 27.4. The largest absolute Gasteiger partial charge is 0.460 e. The Morgan fingerprint density at radius 2 is 1.40 bits per heavy atom. The maximum atomic E-state index is 13.5. The van der Waals surface area contributed by atoms with Crippen LogP contribution in [0.5, 0.6) is 0 Å². The normalized spacial score (nSPS) is 19.9. The van der Waals surface area contributed by atoms with Gasteiger partial charge in [0.25, 0.3) is 0 Å². The molecule has 1 aliphatic rings. The van der Waals surface area contributed by atoms with Crippen molar-refractivity contribution < 1.29 is 45.5 Å². The number of carbonyl (C=O) groups is 3. The Kier molecular flexibility index (Phi) is 11.5. The summed E-state index contributed by atoms with van der Waals surface area (Å²) >= 11 is 0. The highest BCUT2D eigenvalue weighted by molar-refractivity contribution is 5.84. The van der Waals surface area contributed by atoms with Crippen LogP contribution in [0.3, 0.4) is 0 Å². The molecule has 1 saturated carbocycles. The molecule has 1 atom stereocenters. The van der Waals surface area contributed by atoms with Crippen molar-refractivity contribution >= 4 is 17.8 Å². The average molecular weight is 672 g/mol. The summed E-state index contributed by atoms with van der Waals surface area (Å²) in [6.07, 6.45) is -8.43. The number of ether oxygens (including phenoxy) is 1. The highest BCUT2D eigenvalue weighted by atomic mass is 19.4. The molecule has 1 aliphatic carbocycles. The molecule has 0 spiro atoms. The van der Waals surface area contributed by atoms with E-state index in [4.69, 9.17) is 4.74 Å². The Hall–Kier alpha value is -3.61. The summed E-state index contributed by atoms with van der Waals surface area (Å²) in [4.78, 5) is 38.6. The fourth-order valence-corrected chi connectivity index (χ4v) is 5.62. The lowest BCUT2D eigenvalue weighted by atomic mass is 9.74. The first-order valence-electron chi connectivity index (χ1n) is 15.4. The van der Waals surface area contributed by atoms with Gasteiger partial charge in [0.1, 0.15) is 5.60 Å². The van der Waals surface area contributed by atoms with Crippen LogP contribution >= 0.6 is 0 Å². The van der Waals surface area contributed by atoms with E-state index < -0.39 is 63.5 Å². The number of carbonyl (C=O) groups excluding carboxylic acids is 3. The van der Waals surface area contributed by atoms with Crippen LogP contribution in [0.1, 0.15) is 102 Å². The van der Waals surface area contributed by atoms with Crippen LogP contribution in [-0.4, -0.2) is 41.5 Å². The Bertz CT molecular complexity index is 1380. The molecule has 1 fully saturated rings. The van der Waals surface area contributed by atoms with Crippen molar-refractivity contribution in [2.24, 2.45) is 0 Å². The Morgan fingerprint density at radius 3 is 1.89 bits per heavy atom. The van der Waals surface area contributed by atoms with Crippen LogP contribution in [-0.2, 0) is 37.0 Å². The molecular weight excluding hydrogens is 628 g/mol. The lowest BCUT2D eigenvalue weighted by Gasteiger charge is -2.42. The molecule has 0 aromatic heterocycles. The third-order valence-corrected chi connectivity index (χ3v) is 8.13. The van der Waals surface area contributed by atoms with E-state index in [1.165, 1.54) is 6.92 Å². The summed E-state index contributed by atoms with van der Waals surface area (Å²) in [6, 6.07) is 9.86. The van der Waals surface area contributed by atoms with E-state index >= 15 is 0 Å².